The average Bonchev–Trinajstić information content (AvgIpc) is 3.22. The molecule has 3 rings (SSSR count). The van der Waals surface area contributed by atoms with Gasteiger partial charge in [-0.05, 0) is 24.1 Å². The molecule has 0 saturated heterocycles. The van der Waals surface area contributed by atoms with Crippen LogP contribution in [0, 0.1) is 0 Å². The van der Waals surface area contributed by atoms with E-state index in [-0.39, 0.29) is 11.7 Å². The molecule has 0 aliphatic carbocycles. The van der Waals surface area contributed by atoms with E-state index in [1.165, 1.54) is 17.3 Å². The van der Waals surface area contributed by atoms with E-state index in [0.29, 0.717) is 16.9 Å². The fraction of sp³-hybridized carbons (Fsp3) is 0.333. The summed E-state index contributed by atoms with van der Waals surface area (Å²) in [4.78, 5) is 12.2. The van der Waals surface area contributed by atoms with Crippen LogP contribution in [0.25, 0.3) is 11.4 Å². The van der Waals surface area contributed by atoms with Crippen molar-refractivity contribution < 1.29 is 9.53 Å². The molecule has 142 valence electrons. The summed E-state index contributed by atoms with van der Waals surface area (Å²) in [5.74, 6) is 1.27. The lowest BCUT2D eigenvalue weighted by atomic mass is 10.1. The van der Waals surface area contributed by atoms with Crippen molar-refractivity contribution in [3.05, 3.63) is 36.0 Å². The Labute approximate surface area is 161 Å². The molecule has 1 N–H and O–H groups in total. The molecular formula is C18H22N6O2S. The van der Waals surface area contributed by atoms with Crippen LogP contribution in [0.1, 0.15) is 12.5 Å². The van der Waals surface area contributed by atoms with Crippen LogP contribution in [0.2, 0.25) is 0 Å². The van der Waals surface area contributed by atoms with Gasteiger partial charge in [0.25, 0.3) is 0 Å². The van der Waals surface area contributed by atoms with Gasteiger partial charge in [0.05, 0.1) is 12.9 Å². The van der Waals surface area contributed by atoms with E-state index >= 15 is 0 Å². The van der Waals surface area contributed by atoms with Gasteiger partial charge in [0, 0.05) is 26.0 Å². The number of hydrogen-bond acceptors (Lipinski definition) is 6. The van der Waals surface area contributed by atoms with Gasteiger partial charge < -0.3 is 14.6 Å². The Morgan fingerprint density at radius 3 is 2.63 bits per heavy atom. The smallest absolute Gasteiger partial charge is 0.243 e. The first-order chi connectivity index (χ1) is 13.0. The topological polar surface area (TPSA) is 86.9 Å². The minimum absolute atomic E-state index is 0.0900. The van der Waals surface area contributed by atoms with E-state index < -0.39 is 0 Å². The van der Waals surface area contributed by atoms with Crippen molar-refractivity contribution in [1.82, 2.24) is 24.5 Å². The summed E-state index contributed by atoms with van der Waals surface area (Å²) in [6.45, 7) is 2.10. The van der Waals surface area contributed by atoms with Gasteiger partial charge in [0.15, 0.2) is 11.0 Å². The first-order valence-corrected chi connectivity index (χ1v) is 9.49. The number of nitrogens with zero attached hydrogens (tertiary/aromatic N) is 5. The van der Waals surface area contributed by atoms with E-state index in [9.17, 15) is 4.79 Å². The van der Waals surface area contributed by atoms with Crippen LogP contribution >= 0.6 is 11.8 Å². The number of rotatable bonds is 7. The highest BCUT2D eigenvalue weighted by molar-refractivity contribution is 7.99. The lowest BCUT2D eigenvalue weighted by Crippen LogP contribution is -2.14. The summed E-state index contributed by atoms with van der Waals surface area (Å²) >= 11 is 1.33. The van der Waals surface area contributed by atoms with Crippen LogP contribution in [0.3, 0.4) is 0 Å². The zero-order valence-corrected chi connectivity index (χ0v) is 16.6. The van der Waals surface area contributed by atoms with Crippen molar-refractivity contribution in [3.63, 3.8) is 0 Å². The molecular weight excluding hydrogens is 364 g/mol. The van der Waals surface area contributed by atoms with Gasteiger partial charge in [-0.25, -0.2) is 0 Å². The Kier molecular flexibility index (Phi) is 5.80. The van der Waals surface area contributed by atoms with Crippen molar-refractivity contribution in [2.75, 3.05) is 18.2 Å². The van der Waals surface area contributed by atoms with Gasteiger partial charge in [-0.15, -0.1) is 15.3 Å². The van der Waals surface area contributed by atoms with Gasteiger partial charge in [-0.3, -0.25) is 9.48 Å². The summed E-state index contributed by atoms with van der Waals surface area (Å²) < 4.78 is 8.77. The lowest BCUT2D eigenvalue weighted by Gasteiger charge is -2.06. The van der Waals surface area contributed by atoms with Gasteiger partial charge in [-0.2, -0.15) is 0 Å². The molecule has 2 heterocycles. The fourth-order valence-electron chi connectivity index (χ4n) is 2.60. The van der Waals surface area contributed by atoms with E-state index in [1.807, 2.05) is 49.1 Å². The summed E-state index contributed by atoms with van der Waals surface area (Å²) in [6.07, 6.45) is 2.80. The molecule has 1 aromatic carbocycles. The number of thioether (sulfide) groups is 1. The Morgan fingerprint density at radius 1 is 1.22 bits per heavy atom. The SMILES string of the molecule is CCc1ccc(NC(=O)CSc2nnc(-c3cn(C)nc3OC)n2C)cc1. The zero-order chi connectivity index (χ0) is 19.4. The van der Waals surface area contributed by atoms with Crippen molar-refractivity contribution in [2.24, 2.45) is 14.1 Å². The maximum atomic E-state index is 12.2. The molecule has 1 amide bonds. The molecule has 8 nitrogen and oxygen atoms in total. The number of aryl methyl sites for hydroxylation is 2. The first-order valence-electron chi connectivity index (χ1n) is 8.50. The summed E-state index contributed by atoms with van der Waals surface area (Å²) in [7, 11) is 5.23. The molecule has 27 heavy (non-hydrogen) atoms. The lowest BCUT2D eigenvalue weighted by molar-refractivity contribution is -0.113. The highest BCUT2D eigenvalue weighted by Gasteiger charge is 2.18. The van der Waals surface area contributed by atoms with Crippen molar-refractivity contribution >= 4 is 23.4 Å². The number of amides is 1. The molecule has 0 aliphatic rings. The predicted octanol–water partition coefficient (Wildman–Crippen LogP) is 2.52. The standard InChI is InChI=1S/C18H22N6O2S/c1-5-12-6-8-13(9-7-12)19-15(25)11-27-18-21-20-16(24(18)3)14-10-23(2)22-17(14)26-4/h6-10H,5,11H2,1-4H3,(H,19,25). The number of carbonyl (C=O) groups is 1. The van der Waals surface area contributed by atoms with Crippen LogP contribution in [0.5, 0.6) is 5.88 Å². The van der Waals surface area contributed by atoms with Crippen LogP contribution in [0.4, 0.5) is 5.69 Å². The molecule has 3 aromatic rings. The maximum absolute atomic E-state index is 12.2. The maximum Gasteiger partial charge on any atom is 0.243 e. The van der Waals surface area contributed by atoms with Gasteiger partial charge in [-0.1, -0.05) is 30.8 Å². The molecule has 0 unspecified atom stereocenters. The highest BCUT2D eigenvalue weighted by Crippen LogP contribution is 2.29. The predicted molar refractivity (Wildman–Crippen MR) is 105 cm³/mol. The van der Waals surface area contributed by atoms with Crippen molar-refractivity contribution in [3.8, 4) is 17.3 Å². The average molecular weight is 386 g/mol. The minimum atomic E-state index is -0.0900. The van der Waals surface area contributed by atoms with E-state index in [1.54, 1.807) is 11.8 Å². The Bertz CT molecular complexity index is 932. The summed E-state index contributed by atoms with van der Waals surface area (Å²) in [5, 5.41) is 16.2. The van der Waals surface area contributed by atoms with Crippen molar-refractivity contribution in [2.45, 2.75) is 18.5 Å². The Hall–Kier alpha value is -2.81. The molecule has 0 radical (unpaired) electrons. The second-order valence-corrected chi connectivity index (χ2v) is 6.92. The molecule has 0 atom stereocenters. The van der Waals surface area contributed by atoms with Gasteiger partial charge >= 0.3 is 0 Å². The highest BCUT2D eigenvalue weighted by atomic mass is 32.2. The largest absolute Gasteiger partial charge is 0.479 e. The third-order valence-electron chi connectivity index (χ3n) is 4.04. The number of nitrogens with one attached hydrogen (secondary N) is 1. The number of anilines is 1. The monoisotopic (exact) mass is 386 g/mol. The number of benzene rings is 1. The Balaban J connectivity index is 1.64. The summed E-state index contributed by atoms with van der Waals surface area (Å²) in [5.41, 5.74) is 2.78. The number of ether oxygens (including phenoxy) is 1. The Morgan fingerprint density at radius 2 is 1.96 bits per heavy atom. The molecule has 2 aromatic heterocycles. The molecule has 0 fully saturated rings. The van der Waals surface area contributed by atoms with E-state index in [2.05, 4.69) is 27.5 Å². The molecule has 0 saturated carbocycles. The van der Waals surface area contributed by atoms with Crippen LogP contribution < -0.4 is 10.1 Å². The van der Waals surface area contributed by atoms with E-state index in [4.69, 9.17) is 4.74 Å². The molecule has 9 heteroatoms. The number of hydrogen-bond donors (Lipinski definition) is 1. The second-order valence-electron chi connectivity index (χ2n) is 5.98. The summed E-state index contributed by atoms with van der Waals surface area (Å²) in [6, 6.07) is 7.85. The molecule has 0 spiro atoms. The second kappa shape index (κ2) is 8.26. The molecule has 0 aliphatic heterocycles. The normalized spacial score (nSPS) is 10.8. The van der Waals surface area contributed by atoms with Gasteiger partial charge in [0.2, 0.25) is 11.8 Å². The van der Waals surface area contributed by atoms with Crippen LogP contribution in [0.15, 0.2) is 35.6 Å². The van der Waals surface area contributed by atoms with Gasteiger partial charge in [0.1, 0.15) is 5.56 Å². The van der Waals surface area contributed by atoms with E-state index in [0.717, 1.165) is 17.7 Å². The van der Waals surface area contributed by atoms with Crippen molar-refractivity contribution in [1.29, 1.82) is 0 Å². The molecule has 0 bridgehead atoms. The fourth-order valence-corrected chi connectivity index (χ4v) is 3.31. The minimum Gasteiger partial charge on any atom is -0.479 e. The number of carbonyl (C=O) groups excluding carboxylic acids is 1. The quantitative estimate of drug-likeness (QED) is 0.628. The van der Waals surface area contributed by atoms with Crippen LogP contribution in [-0.2, 0) is 25.3 Å². The first kappa shape index (κ1) is 19.0. The zero-order valence-electron chi connectivity index (χ0n) is 15.8. The third-order valence-corrected chi connectivity index (χ3v) is 5.06. The van der Waals surface area contributed by atoms with Crippen LogP contribution in [-0.4, -0.2) is 43.3 Å². The third kappa shape index (κ3) is 4.30. The number of methoxy groups -OCH3 is 1. The number of aromatic nitrogens is 5.